The lowest BCUT2D eigenvalue weighted by Gasteiger charge is -2.10. The zero-order valence-corrected chi connectivity index (χ0v) is 15.9. The monoisotopic (exact) mass is 409 g/mol. The Kier molecular flexibility index (Phi) is 7.47. The minimum absolute atomic E-state index is 0.0240. The van der Waals surface area contributed by atoms with E-state index in [1.165, 1.54) is 48.5 Å². The molecular weight excluding hydrogens is 389 g/mol. The first-order chi connectivity index (χ1) is 13.3. The van der Waals surface area contributed by atoms with Crippen molar-refractivity contribution in [1.29, 1.82) is 0 Å². The van der Waals surface area contributed by atoms with Gasteiger partial charge in [0.25, 0.3) is 5.91 Å². The van der Waals surface area contributed by atoms with Gasteiger partial charge in [-0.15, -0.1) is 0 Å². The van der Waals surface area contributed by atoms with Crippen molar-refractivity contribution in [2.45, 2.75) is 18.2 Å². The minimum Gasteiger partial charge on any atom is -0.494 e. The van der Waals surface area contributed by atoms with Gasteiger partial charge in [-0.2, -0.15) is 0 Å². The van der Waals surface area contributed by atoms with Gasteiger partial charge in [0, 0.05) is 0 Å². The van der Waals surface area contributed by atoms with E-state index in [2.05, 4.69) is 15.6 Å². The van der Waals surface area contributed by atoms with Crippen molar-refractivity contribution in [2.75, 3.05) is 13.2 Å². The van der Waals surface area contributed by atoms with Crippen molar-refractivity contribution < 1.29 is 27.1 Å². The molecule has 10 heteroatoms. The van der Waals surface area contributed by atoms with Gasteiger partial charge >= 0.3 is 0 Å². The third-order valence-corrected chi connectivity index (χ3v) is 4.90. The maximum atomic E-state index is 12.8. The first-order valence-corrected chi connectivity index (χ1v) is 9.83. The third-order valence-electron chi connectivity index (χ3n) is 3.49. The minimum atomic E-state index is -3.89. The number of rotatable bonds is 8. The summed E-state index contributed by atoms with van der Waals surface area (Å²) in [6.07, 6.45) is -0.0710. The zero-order valence-electron chi connectivity index (χ0n) is 15.1. The van der Waals surface area contributed by atoms with Gasteiger partial charge in [-0.3, -0.25) is 20.4 Å². The molecule has 2 aromatic rings. The Hall–Kier alpha value is -2.98. The lowest BCUT2D eigenvalue weighted by molar-refractivity contribution is -0.127. The van der Waals surface area contributed by atoms with Crippen LogP contribution in [0, 0.1) is 5.82 Å². The van der Waals surface area contributed by atoms with Crippen LogP contribution >= 0.6 is 0 Å². The molecule has 0 fully saturated rings. The van der Waals surface area contributed by atoms with Crippen LogP contribution in [0.4, 0.5) is 4.39 Å². The van der Waals surface area contributed by atoms with E-state index in [-0.39, 0.29) is 11.3 Å². The summed E-state index contributed by atoms with van der Waals surface area (Å²) in [4.78, 5) is 23.5. The number of carbonyl (C=O) groups excluding carboxylic acids is 2. The predicted octanol–water partition coefficient (Wildman–Crippen LogP) is 0.893. The number of ether oxygens (including phenoxy) is 1. The van der Waals surface area contributed by atoms with Crippen molar-refractivity contribution in [1.82, 2.24) is 15.6 Å². The lowest BCUT2D eigenvalue weighted by Crippen LogP contribution is -2.46. The normalized spacial score (nSPS) is 10.9. The second-order valence-electron chi connectivity index (χ2n) is 5.63. The topological polar surface area (TPSA) is 114 Å². The van der Waals surface area contributed by atoms with E-state index < -0.39 is 34.2 Å². The van der Waals surface area contributed by atoms with Crippen molar-refractivity contribution in [2.24, 2.45) is 0 Å². The Morgan fingerprint density at radius 2 is 1.57 bits per heavy atom. The maximum Gasteiger partial charge on any atom is 0.253 e. The zero-order chi connectivity index (χ0) is 20.6. The first-order valence-electron chi connectivity index (χ1n) is 8.35. The summed E-state index contributed by atoms with van der Waals surface area (Å²) in [6.45, 7) is 1.70. The standard InChI is InChI=1S/C18H20FN3O5S/c1-2-27-15-7-9-16(10-8-15)28(25,26)20-12-18(24)22-21-17(23)11-13-3-5-14(19)6-4-13/h3-10,20H,2,11-12H2,1H3,(H,21,23)(H,22,24). The molecule has 2 aromatic carbocycles. The number of nitrogens with one attached hydrogen (secondary N) is 3. The Morgan fingerprint density at radius 1 is 0.964 bits per heavy atom. The molecule has 0 saturated carbocycles. The molecule has 0 bridgehead atoms. The third kappa shape index (κ3) is 6.63. The molecule has 3 N–H and O–H groups in total. The van der Waals surface area contributed by atoms with E-state index in [4.69, 9.17) is 4.74 Å². The molecule has 8 nitrogen and oxygen atoms in total. The average molecular weight is 409 g/mol. The summed E-state index contributed by atoms with van der Waals surface area (Å²) >= 11 is 0. The van der Waals surface area contributed by atoms with Crippen LogP contribution < -0.4 is 20.3 Å². The molecule has 0 spiro atoms. The van der Waals surface area contributed by atoms with Crippen LogP contribution in [-0.2, 0) is 26.0 Å². The summed E-state index contributed by atoms with van der Waals surface area (Å²) in [6, 6.07) is 11.1. The molecule has 0 heterocycles. The summed E-state index contributed by atoms with van der Waals surface area (Å²) in [5.41, 5.74) is 4.82. The Morgan fingerprint density at radius 3 is 2.18 bits per heavy atom. The SMILES string of the molecule is CCOc1ccc(S(=O)(=O)NCC(=O)NNC(=O)Cc2ccc(F)cc2)cc1. The number of amides is 2. The number of carbonyl (C=O) groups is 2. The second-order valence-corrected chi connectivity index (χ2v) is 7.40. The van der Waals surface area contributed by atoms with Gasteiger partial charge in [0.15, 0.2) is 0 Å². The lowest BCUT2D eigenvalue weighted by atomic mass is 10.1. The van der Waals surface area contributed by atoms with Crippen LogP contribution in [0.5, 0.6) is 5.75 Å². The highest BCUT2D eigenvalue weighted by atomic mass is 32.2. The van der Waals surface area contributed by atoms with Crippen LogP contribution in [-0.4, -0.2) is 33.4 Å². The van der Waals surface area contributed by atoms with Gasteiger partial charge < -0.3 is 4.74 Å². The molecule has 0 aliphatic heterocycles. The summed E-state index contributed by atoms with van der Waals surface area (Å²) < 4.78 is 44.5. The van der Waals surface area contributed by atoms with E-state index in [1.807, 2.05) is 6.92 Å². The number of benzene rings is 2. The van der Waals surface area contributed by atoms with Gasteiger partial charge in [0.1, 0.15) is 11.6 Å². The molecule has 0 aliphatic rings. The Labute approximate surface area is 162 Å². The van der Waals surface area contributed by atoms with Crippen LogP contribution in [0.25, 0.3) is 0 Å². The van der Waals surface area contributed by atoms with Crippen LogP contribution in [0.3, 0.4) is 0 Å². The molecule has 0 saturated heterocycles. The molecule has 28 heavy (non-hydrogen) atoms. The van der Waals surface area contributed by atoms with Gasteiger partial charge in [0.2, 0.25) is 15.9 Å². The highest BCUT2D eigenvalue weighted by molar-refractivity contribution is 7.89. The van der Waals surface area contributed by atoms with Crippen LogP contribution in [0.15, 0.2) is 53.4 Å². The number of hydrazine groups is 1. The highest BCUT2D eigenvalue weighted by Crippen LogP contribution is 2.15. The van der Waals surface area contributed by atoms with Crippen molar-refractivity contribution in [3.63, 3.8) is 0 Å². The van der Waals surface area contributed by atoms with Crippen molar-refractivity contribution in [3.05, 3.63) is 59.9 Å². The summed E-state index contributed by atoms with van der Waals surface area (Å²) in [5.74, 6) is -1.17. The molecule has 2 amide bonds. The van der Waals surface area contributed by atoms with E-state index in [0.717, 1.165) is 0 Å². The van der Waals surface area contributed by atoms with Crippen molar-refractivity contribution >= 4 is 21.8 Å². The Bertz CT molecular complexity index is 915. The van der Waals surface area contributed by atoms with Gasteiger partial charge in [-0.05, 0) is 48.9 Å². The average Bonchev–Trinajstić information content (AvgIpc) is 2.67. The van der Waals surface area contributed by atoms with Gasteiger partial charge in [-0.25, -0.2) is 17.5 Å². The molecule has 0 aliphatic carbocycles. The fourth-order valence-corrected chi connectivity index (χ4v) is 3.12. The highest BCUT2D eigenvalue weighted by Gasteiger charge is 2.16. The van der Waals surface area contributed by atoms with Crippen LogP contribution in [0.1, 0.15) is 12.5 Å². The smallest absolute Gasteiger partial charge is 0.253 e. The first kappa shape index (κ1) is 21.3. The van der Waals surface area contributed by atoms with E-state index in [9.17, 15) is 22.4 Å². The van der Waals surface area contributed by atoms with Crippen LogP contribution in [0.2, 0.25) is 0 Å². The predicted molar refractivity (Wildman–Crippen MR) is 99.2 cm³/mol. The largest absolute Gasteiger partial charge is 0.494 e. The van der Waals surface area contributed by atoms with Gasteiger partial charge in [-0.1, -0.05) is 12.1 Å². The second kappa shape index (κ2) is 9.81. The number of sulfonamides is 1. The van der Waals surface area contributed by atoms with E-state index in [1.54, 1.807) is 0 Å². The van der Waals surface area contributed by atoms with E-state index >= 15 is 0 Å². The fraction of sp³-hybridized carbons (Fsp3) is 0.222. The molecular formula is C18H20FN3O5S. The van der Waals surface area contributed by atoms with Crippen molar-refractivity contribution in [3.8, 4) is 5.75 Å². The summed E-state index contributed by atoms with van der Waals surface area (Å²) in [5, 5.41) is 0. The number of hydrogen-bond donors (Lipinski definition) is 3. The molecule has 0 atom stereocenters. The molecule has 0 unspecified atom stereocenters. The summed E-state index contributed by atoms with van der Waals surface area (Å²) in [7, 11) is -3.89. The molecule has 2 rings (SSSR count). The molecule has 150 valence electrons. The Balaban J connectivity index is 1.79. The fourth-order valence-electron chi connectivity index (χ4n) is 2.14. The molecule has 0 aromatic heterocycles. The quantitative estimate of drug-likeness (QED) is 0.561. The van der Waals surface area contributed by atoms with Gasteiger partial charge in [0.05, 0.1) is 24.5 Å². The maximum absolute atomic E-state index is 12.8. The number of halogens is 1. The molecule has 0 radical (unpaired) electrons. The number of hydrogen-bond acceptors (Lipinski definition) is 5. The van der Waals surface area contributed by atoms with E-state index in [0.29, 0.717) is 17.9 Å².